The molecule has 0 unspecified atom stereocenters. The lowest BCUT2D eigenvalue weighted by Crippen LogP contribution is -1.87. The lowest BCUT2D eigenvalue weighted by Gasteiger charge is -2.10. The van der Waals surface area contributed by atoms with Crippen LogP contribution in [0.4, 0.5) is 0 Å². The zero-order valence-corrected chi connectivity index (χ0v) is 26.1. The van der Waals surface area contributed by atoms with E-state index >= 15 is 0 Å². The Hall–Kier alpha value is -6.74. The molecule has 0 heterocycles. The molecule has 0 aliphatic carbocycles. The summed E-state index contributed by atoms with van der Waals surface area (Å²) >= 11 is 0. The van der Waals surface area contributed by atoms with Gasteiger partial charge in [0.2, 0.25) is 0 Å². The fraction of sp³-hybridized carbons (Fsp3) is 0. The normalized spacial score (nSPS) is 10.2. The molecule has 7 aromatic carbocycles. The Morgan fingerprint density at radius 2 is 0.458 bits per heavy atom. The summed E-state index contributed by atoms with van der Waals surface area (Å²) in [5, 5.41) is 0. The minimum Gasteiger partial charge on any atom is -0.457 e. The summed E-state index contributed by atoms with van der Waals surface area (Å²) in [7, 11) is 0. The Bertz CT molecular complexity index is 2050. The molecule has 0 aliphatic rings. The molecule has 0 aliphatic heterocycles. The number of rotatable bonds is 6. The van der Waals surface area contributed by atoms with Crippen molar-refractivity contribution in [2.75, 3.05) is 0 Å². The fourth-order valence-electron chi connectivity index (χ4n) is 5.10. The highest BCUT2D eigenvalue weighted by Crippen LogP contribution is 2.30. The molecule has 7 aromatic rings. The van der Waals surface area contributed by atoms with Crippen molar-refractivity contribution in [2.45, 2.75) is 0 Å². The van der Waals surface area contributed by atoms with Crippen molar-refractivity contribution < 1.29 is 9.47 Å². The molecule has 0 saturated carbocycles. The number of ether oxygens (including phenoxy) is 2. The van der Waals surface area contributed by atoms with Gasteiger partial charge in [0.15, 0.2) is 0 Å². The van der Waals surface area contributed by atoms with E-state index < -0.39 is 0 Å². The first kappa shape index (κ1) is 29.9. The Morgan fingerprint density at radius 1 is 0.229 bits per heavy atom. The van der Waals surface area contributed by atoms with E-state index in [1.165, 1.54) is 0 Å². The summed E-state index contributed by atoms with van der Waals surface area (Å²) in [6.07, 6.45) is 0. The lowest BCUT2D eigenvalue weighted by molar-refractivity contribution is 0.469. The Morgan fingerprint density at radius 3 is 0.750 bits per heavy atom. The second-order valence-electron chi connectivity index (χ2n) is 11.1. The molecule has 0 N–H and O–H groups in total. The van der Waals surface area contributed by atoms with Crippen LogP contribution in [0.2, 0.25) is 0 Å². The maximum absolute atomic E-state index is 6.10. The van der Waals surface area contributed by atoms with Gasteiger partial charge < -0.3 is 9.47 Å². The summed E-state index contributed by atoms with van der Waals surface area (Å²) in [4.78, 5) is 0. The molecule has 2 heteroatoms. The van der Waals surface area contributed by atoms with Crippen LogP contribution in [0.3, 0.4) is 0 Å². The zero-order chi connectivity index (χ0) is 32.4. The maximum Gasteiger partial charge on any atom is 0.127 e. The van der Waals surface area contributed by atoms with Gasteiger partial charge in [0.1, 0.15) is 23.0 Å². The van der Waals surface area contributed by atoms with Crippen LogP contribution in [0.25, 0.3) is 22.3 Å². The average Bonchev–Trinajstić information content (AvgIpc) is 3.16. The van der Waals surface area contributed by atoms with Crippen molar-refractivity contribution in [3.8, 4) is 68.9 Å². The molecule has 0 fully saturated rings. The largest absolute Gasteiger partial charge is 0.457 e. The summed E-state index contributed by atoms with van der Waals surface area (Å²) in [6.45, 7) is 0. The van der Waals surface area contributed by atoms with Crippen LogP contribution in [0, 0.1) is 23.7 Å². The fourth-order valence-corrected chi connectivity index (χ4v) is 5.10. The van der Waals surface area contributed by atoms with E-state index in [1.807, 2.05) is 109 Å². The highest BCUT2D eigenvalue weighted by atomic mass is 16.5. The van der Waals surface area contributed by atoms with E-state index in [0.717, 1.165) is 67.5 Å². The molecule has 0 saturated heterocycles. The molecule has 0 spiro atoms. The molecular formula is C46H30O2. The van der Waals surface area contributed by atoms with Crippen molar-refractivity contribution in [1.29, 1.82) is 0 Å². The van der Waals surface area contributed by atoms with Crippen molar-refractivity contribution in [3.63, 3.8) is 0 Å². The SMILES string of the molecule is C(#Cc1ccc(-c2ccc(Oc3ccc(Oc4ccc(-c5ccc(C#Cc6ccccc6)cc5)cc4)cc3)cc2)cc1)c1ccccc1. The van der Waals surface area contributed by atoms with Gasteiger partial charge in [-0.05, 0) is 119 Å². The van der Waals surface area contributed by atoms with Crippen molar-refractivity contribution in [3.05, 3.63) is 204 Å². The van der Waals surface area contributed by atoms with Gasteiger partial charge in [-0.1, -0.05) is 109 Å². The average molecular weight is 615 g/mol. The van der Waals surface area contributed by atoms with E-state index in [0.29, 0.717) is 0 Å². The monoisotopic (exact) mass is 614 g/mol. The first-order valence-electron chi connectivity index (χ1n) is 15.7. The third-order valence-corrected chi connectivity index (χ3v) is 7.69. The van der Waals surface area contributed by atoms with Gasteiger partial charge in [0, 0.05) is 22.3 Å². The van der Waals surface area contributed by atoms with E-state index in [1.54, 1.807) is 0 Å². The number of hydrogen-bond acceptors (Lipinski definition) is 2. The zero-order valence-electron chi connectivity index (χ0n) is 26.1. The van der Waals surface area contributed by atoms with Crippen LogP contribution >= 0.6 is 0 Å². The standard InChI is InChI=1S/C46H30O2/c1-3-7-35(8-4-1)11-13-37-15-19-39(20-16-37)41-23-27-43(28-24-41)47-45-31-33-46(34-32-45)48-44-29-25-42(26-30-44)40-21-17-38(18-22-40)14-12-36-9-5-2-6-10-36/h1-10,15-34H. The molecule has 7 rings (SSSR count). The van der Waals surface area contributed by atoms with Crippen LogP contribution in [0.1, 0.15) is 22.3 Å². The van der Waals surface area contributed by atoms with Gasteiger partial charge in [-0.25, -0.2) is 0 Å². The summed E-state index contributed by atoms with van der Waals surface area (Å²) < 4.78 is 12.2. The number of benzene rings is 7. The van der Waals surface area contributed by atoms with E-state index in [2.05, 4.69) is 96.5 Å². The van der Waals surface area contributed by atoms with Gasteiger partial charge in [-0.15, -0.1) is 0 Å². The molecule has 226 valence electrons. The summed E-state index contributed by atoms with van der Waals surface area (Å²) in [6, 6.07) is 60.5. The third-order valence-electron chi connectivity index (χ3n) is 7.69. The molecule has 0 atom stereocenters. The van der Waals surface area contributed by atoms with E-state index in [-0.39, 0.29) is 0 Å². The predicted molar refractivity (Wildman–Crippen MR) is 195 cm³/mol. The Kier molecular flexibility index (Phi) is 9.09. The van der Waals surface area contributed by atoms with E-state index in [4.69, 9.17) is 9.47 Å². The molecule has 0 bridgehead atoms. The second-order valence-corrected chi connectivity index (χ2v) is 11.1. The van der Waals surface area contributed by atoms with Crippen molar-refractivity contribution >= 4 is 0 Å². The van der Waals surface area contributed by atoms with Crippen LogP contribution < -0.4 is 9.47 Å². The topological polar surface area (TPSA) is 18.5 Å². The van der Waals surface area contributed by atoms with Crippen molar-refractivity contribution in [1.82, 2.24) is 0 Å². The van der Waals surface area contributed by atoms with Crippen molar-refractivity contribution in [2.24, 2.45) is 0 Å². The molecule has 0 radical (unpaired) electrons. The van der Waals surface area contributed by atoms with Gasteiger partial charge in [0.25, 0.3) is 0 Å². The third kappa shape index (κ3) is 7.91. The summed E-state index contributed by atoms with van der Waals surface area (Å²) in [5.41, 5.74) is 8.48. The maximum atomic E-state index is 6.10. The molecule has 0 aromatic heterocycles. The second kappa shape index (κ2) is 14.6. The molecule has 0 amide bonds. The minimum atomic E-state index is 0.740. The highest BCUT2D eigenvalue weighted by molar-refractivity contribution is 5.66. The van der Waals surface area contributed by atoms with Gasteiger partial charge >= 0.3 is 0 Å². The van der Waals surface area contributed by atoms with Crippen LogP contribution in [0.15, 0.2) is 182 Å². The molecule has 2 nitrogen and oxygen atoms in total. The number of hydrogen-bond donors (Lipinski definition) is 0. The van der Waals surface area contributed by atoms with Crippen LogP contribution in [-0.2, 0) is 0 Å². The van der Waals surface area contributed by atoms with Gasteiger partial charge in [0.05, 0.1) is 0 Å². The molecular weight excluding hydrogens is 585 g/mol. The van der Waals surface area contributed by atoms with Gasteiger partial charge in [-0.3, -0.25) is 0 Å². The Balaban J connectivity index is 0.922. The first-order valence-corrected chi connectivity index (χ1v) is 15.7. The lowest BCUT2D eigenvalue weighted by atomic mass is 10.0. The quantitative estimate of drug-likeness (QED) is 0.174. The first-order chi connectivity index (χ1) is 23.7. The van der Waals surface area contributed by atoms with Crippen LogP contribution in [0.5, 0.6) is 23.0 Å². The molecule has 48 heavy (non-hydrogen) atoms. The van der Waals surface area contributed by atoms with Crippen LogP contribution in [-0.4, -0.2) is 0 Å². The van der Waals surface area contributed by atoms with Gasteiger partial charge in [-0.2, -0.15) is 0 Å². The smallest absolute Gasteiger partial charge is 0.127 e. The minimum absolute atomic E-state index is 0.740. The summed E-state index contributed by atoms with van der Waals surface area (Å²) in [5.74, 6) is 15.9. The Labute approximate surface area is 281 Å². The predicted octanol–water partition coefficient (Wildman–Crippen LogP) is 11.4. The van der Waals surface area contributed by atoms with E-state index in [9.17, 15) is 0 Å². The highest BCUT2D eigenvalue weighted by Gasteiger charge is 2.04.